The Bertz CT molecular complexity index is 532. The van der Waals surface area contributed by atoms with E-state index in [1.165, 1.54) is 5.56 Å². The van der Waals surface area contributed by atoms with E-state index in [0.717, 1.165) is 18.7 Å². The van der Waals surface area contributed by atoms with E-state index < -0.39 is 0 Å². The monoisotopic (exact) mass is 412 g/mol. The van der Waals surface area contributed by atoms with Crippen molar-refractivity contribution in [2.24, 2.45) is 0 Å². The van der Waals surface area contributed by atoms with Gasteiger partial charge in [-0.2, -0.15) is 0 Å². The van der Waals surface area contributed by atoms with E-state index in [1.807, 2.05) is 18.2 Å². The summed E-state index contributed by atoms with van der Waals surface area (Å²) in [6.45, 7) is 2.05. The molecule has 1 aromatic carbocycles. The molecule has 17 heavy (non-hydrogen) atoms. The van der Waals surface area contributed by atoms with Crippen molar-refractivity contribution >= 4 is 66.4 Å². The molecule has 1 unspecified atom stereocenters. The number of hydrogen-bond acceptors (Lipinski definition) is 1. The van der Waals surface area contributed by atoms with Crippen LogP contribution in [0.5, 0.6) is 0 Å². The van der Waals surface area contributed by atoms with E-state index in [0.29, 0.717) is 5.02 Å². The van der Waals surface area contributed by atoms with Crippen molar-refractivity contribution < 1.29 is 0 Å². The van der Waals surface area contributed by atoms with Crippen LogP contribution >= 0.6 is 66.4 Å². The Morgan fingerprint density at radius 3 is 2.53 bits per heavy atom. The molecule has 0 saturated carbocycles. The van der Waals surface area contributed by atoms with Crippen LogP contribution in [-0.2, 0) is 0 Å². The molecule has 90 valence electrons. The van der Waals surface area contributed by atoms with Crippen LogP contribution in [0.2, 0.25) is 5.02 Å². The first kappa shape index (κ1) is 13.9. The van der Waals surface area contributed by atoms with Gasteiger partial charge in [0.15, 0.2) is 0 Å². The molecule has 0 spiro atoms. The molecule has 2 aromatic rings. The molecule has 2 rings (SSSR count). The Morgan fingerprint density at radius 1 is 1.24 bits per heavy atom. The van der Waals surface area contributed by atoms with Gasteiger partial charge < -0.3 is 0 Å². The smallest absolute Gasteiger partial charge is 0.0943 e. The Kier molecular flexibility index (Phi) is 4.59. The molecule has 0 aliphatic carbocycles. The number of aryl methyl sites for hydroxylation is 1. The van der Waals surface area contributed by atoms with Crippen LogP contribution in [0, 0.1) is 6.92 Å². The second-order valence-corrected chi connectivity index (χ2v) is 7.79. The maximum atomic E-state index is 6.48. The predicted molar refractivity (Wildman–Crippen MR) is 83.6 cm³/mol. The van der Waals surface area contributed by atoms with Crippen LogP contribution in [-0.4, -0.2) is 0 Å². The van der Waals surface area contributed by atoms with Crippen molar-refractivity contribution in [2.45, 2.75) is 12.3 Å². The molecule has 0 saturated heterocycles. The van der Waals surface area contributed by atoms with Crippen LogP contribution in [0.3, 0.4) is 0 Å². The summed E-state index contributed by atoms with van der Waals surface area (Å²) in [5, 5.41) is 0.477. The van der Waals surface area contributed by atoms with E-state index in [2.05, 4.69) is 44.8 Å². The molecule has 1 atom stereocenters. The molecule has 0 fully saturated rings. The molecule has 1 heterocycles. The van der Waals surface area contributed by atoms with Crippen LogP contribution in [0.25, 0.3) is 0 Å². The molecule has 0 N–H and O–H groups in total. The van der Waals surface area contributed by atoms with E-state index in [1.54, 1.807) is 11.3 Å². The largest absolute Gasteiger partial charge is 0.131 e. The average Bonchev–Trinajstić information content (AvgIpc) is 2.62. The van der Waals surface area contributed by atoms with Crippen LogP contribution in [0.1, 0.15) is 21.4 Å². The Balaban J connectivity index is 2.42. The van der Waals surface area contributed by atoms with Crippen molar-refractivity contribution in [1.82, 2.24) is 0 Å². The summed E-state index contributed by atoms with van der Waals surface area (Å²) in [6.07, 6.45) is 0. The van der Waals surface area contributed by atoms with Crippen molar-refractivity contribution in [3.8, 4) is 0 Å². The molecule has 0 bridgehead atoms. The summed E-state index contributed by atoms with van der Waals surface area (Å²) in [6, 6.07) is 7.81. The van der Waals surface area contributed by atoms with E-state index in [-0.39, 0.29) is 5.38 Å². The fourth-order valence-electron chi connectivity index (χ4n) is 1.47. The first-order valence-corrected chi connectivity index (χ1v) is 8.05. The molecule has 1 aromatic heterocycles. The van der Waals surface area contributed by atoms with Gasteiger partial charge in [-0.1, -0.05) is 27.5 Å². The molecule has 0 radical (unpaired) electrons. The summed E-state index contributed by atoms with van der Waals surface area (Å²) < 4.78 is 2.10. The molecular weight excluding hydrogens is 407 g/mol. The number of rotatable bonds is 2. The predicted octanol–water partition coefficient (Wildman–Crippen LogP) is 6.56. The highest BCUT2D eigenvalue weighted by Gasteiger charge is 2.17. The van der Waals surface area contributed by atoms with Gasteiger partial charge in [-0.3, -0.25) is 0 Å². The zero-order valence-electron chi connectivity index (χ0n) is 8.81. The Labute approximate surface area is 131 Å². The van der Waals surface area contributed by atoms with Gasteiger partial charge in [0.1, 0.15) is 0 Å². The van der Waals surface area contributed by atoms with E-state index >= 15 is 0 Å². The second kappa shape index (κ2) is 5.62. The minimum absolute atomic E-state index is 0.213. The summed E-state index contributed by atoms with van der Waals surface area (Å²) in [5.41, 5.74) is 2.12. The topological polar surface area (TPSA) is 0 Å². The standard InChI is InChI=1S/C12H8Br2Cl2S/c1-6-4-10(17-12(6)14)11(16)8-5-7(13)2-3-9(8)15/h2-5,11H,1H3. The summed E-state index contributed by atoms with van der Waals surface area (Å²) in [4.78, 5) is 1.09. The molecule has 0 amide bonds. The minimum Gasteiger partial charge on any atom is -0.131 e. The number of thiophene rings is 1. The summed E-state index contributed by atoms with van der Waals surface area (Å²) in [5.74, 6) is 0. The summed E-state index contributed by atoms with van der Waals surface area (Å²) in [7, 11) is 0. The molecule has 5 heteroatoms. The third kappa shape index (κ3) is 3.07. The first-order chi connectivity index (χ1) is 7.99. The van der Waals surface area contributed by atoms with Gasteiger partial charge in [-0.25, -0.2) is 0 Å². The van der Waals surface area contributed by atoms with Gasteiger partial charge in [0.05, 0.1) is 9.16 Å². The normalized spacial score (nSPS) is 12.8. The third-order valence-electron chi connectivity index (χ3n) is 2.36. The van der Waals surface area contributed by atoms with Crippen LogP contribution < -0.4 is 0 Å². The van der Waals surface area contributed by atoms with Crippen molar-refractivity contribution in [3.63, 3.8) is 0 Å². The lowest BCUT2D eigenvalue weighted by atomic mass is 10.1. The van der Waals surface area contributed by atoms with Gasteiger partial charge in [0.2, 0.25) is 0 Å². The van der Waals surface area contributed by atoms with Gasteiger partial charge in [0, 0.05) is 14.4 Å². The highest BCUT2D eigenvalue weighted by atomic mass is 79.9. The van der Waals surface area contributed by atoms with E-state index in [4.69, 9.17) is 23.2 Å². The highest BCUT2D eigenvalue weighted by Crippen LogP contribution is 2.40. The maximum Gasteiger partial charge on any atom is 0.0943 e. The average molecular weight is 415 g/mol. The molecular formula is C12H8Br2Cl2S. The highest BCUT2D eigenvalue weighted by molar-refractivity contribution is 9.11. The molecule has 0 nitrogen and oxygen atoms in total. The van der Waals surface area contributed by atoms with Crippen molar-refractivity contribution in [1.29, 1.82) is 0 Å². The zero-order valence-corrected chi connectivity index (χ0v) is 14.3. The lowest BCUT2D eigenvalue weighted by Crippen LogP contribution is -1.91. The maximum absolute atomic E-state index is 6.48. The zero-order chi connectivity index (χ0) is 12.6. The van der Waals surface area contributed by atoms with Gasteiger partial charge in [0.25, 0.3) is 0 Å². The van der Waals surface area contributed by atoms with Crippen LogP contribution in [0.4, 0.5) is 0 Å². The van der Waals surface area contributed by atoms with Gasteiger partial charge >= 0.3 is 0 Å². The first-order valence-electron chi connectivity index (χ1n) is 4.84. The lowest BCUT2D eigenvalue weighted by molar-refractivity contribution is 1.18. The minimum atomic E-state index is -0.213. The number of alkyl halides is 1. The third-order valence-corrected chi connectivity index (χ3v) is 6.00. The number of halogens is 4. The Morgan fingerprint density at radius 2 is 1.94 bits per heavy atom. The Hall–Kier alpha value is 0.460. The fraction of sp³-hybridized carbons (Fsp3) is 0.167. The second-order valence-electron chi connectivity index (χ2n) is 3.63. The lowest BCUT2D eigenvalue weighted by Gasteiger charge is -2.10. The molecule has 0 aliphatic heterocycles. The van der Waals surface area contributed by atoms with Gasteiger partial charge in [-0.15, -0.1) is 22.9 Å². The van der Waals surface area contributed by atoms with Crippen molar-refractivity contribution in [2.75, 3.05) is 0 Å². The quantitative estimate of drug-likeness (QED) is 0.488. The SMILES string of the molecule is Cc1cc(C(Cl)c2cc(Br)ccc2Cl)sc1Br. The van der Waals surface area contributed by atoms with Gasteiger partial charge in [-0.05, 0) is 58.2 Å². The fourth-order valence-corrected chi connectivity index (χ4v) is 4.08. The summed E-state index contributed by atoms with van der Waals surface area (Å²) >= 11 is 21.2. The van der Waals surface area contributed by atoms with E-state index in [9.17, 15) is 0 Å². The van der Waals surface area contributed by atoms with Crippen LogP contribution in [0.15, 0.2) is 32.5 Å². The number of hydrogen-bond donors (Lipinski definition) is 0. The molecule has 0 aliphatic rings. The van der Waals surface area contributed by atoms with Crippen molar-refractivity contribution in [3.05, 3.63) is 53.6 Å². The number of benzene rings is 1.